The first kappa shape index (κ1) is 51.0. The van der Waals surface area contributed by atoms with E-state index in [0.717, 1.165) is 0 Å². The quantitative estimate of drug-likeness (QED) is 0.375. The van der Waals surface area contributed by atoms with Gasteiger partial charge in [0.1, 0.15) is 6.10 Å². The molecule has 12 N–H and O–H groups in total. The van der Waals surface area contributed by atoms with Gasteiger partial charge in [-0.15, -0.1) is 0 Å². The first-order valence-electron chi connectivity index (χ1n) is 2.41. The molecule has 102 valence electrons. The van der Waals surface area contributed by atoms with Gasteiger partial charge in [0, 0.05) is 0 Å². The molecule has 0 aromatic heterocycles. The summed E-state index contributed by atoms with van der Waals surface area (Å²) in [7, 11) is -5.00. The number of hydrogen-bond donors (Lipinski definition) is 2. The Hall–Kier alpha value is 1.83. The Bertz CT molecular complexity index is 141. The molecule has 0 aliphatic carbocycles. The fourth-order valence-electron chi connectivity index (χ4n) is 0.230. The summed E-state index contributed by atoms with van der Waals surface area (Å²) >= 11 is 0. The van der Waals surface area contributed by atoms with Crippen molar-refractivity contribution in [2.75, 3.05) is 13.2 Å². The molecule has 0 fully saturated rings. The van der Waals surface area contributed by atoms with Crippen molar-refractivity contribution in [2.45, 2.75) is 6.10 Å². The summed E-state index contributed by atoms with van der Waals surface area (Å²) in [5, 5.41) is 16.6. The first-order chi connectivity index (χ1) is 4.45. The zero-order chi connectivity index (χ0) is 8.20. The number of rotatable bonds is 4. The molecule has 0 aromatic rings. The zero-order valence-electron chi connectivity index (χ0n) is 9.47. The Balaban J connectivity index is -0.0000000193. The third-order valence-corrected chi connectivity index (χ3v) is 1.10. The van der Waals surface area contributed by atoms with E-state index in [9.17, 15) is 14.4 Å². The Labute approximate surface area is 142 Å². The van der Waals surface area contributed by atoms with Gasteiger partial charge in [0.2, 0.25) is 0 Å². The molecule has 0 aliphatic rings. The summed E-state index contributed by atoms with van der Waals surface area (Å²) in [5.41, 5.74) is 0. The van der Waals surface area contributed by atoms with Crippen LogP contribution in [0.5, 0.6) is 0 Å². The molecular formula is C3H17Na2O11P. The van der Waals surface area contributed by atoms with Crippen LogP contribution in [0.15, 0.2) is 0 Å². The Morgan fingerprint density at radius 2 is 1.35 bits per heavy atom. The smallest absolute Gasteiger partial charge is 0.790 e. The summed E-state index contributed by atoms with van der Waals surface area (Å²) in [4.78, 5) is 19.4. The standard InChI is InChI=1S/C3H9O6P.2Na.5H2O/c4-1-3(5)2-9-10(6,7)8;;;;;;;/h3-5H,1-2H2,(H2,6,7,8);;;5*1H2/q;2*+1;;;;;/p-2. The fourth-order valence-corrected chi connectivity index (χ4v) is 0.585. The molecule has 1 atom stereocenters. The fraction of sp³-hybridized carbons (Fsp3) is 1.00. The van der Waals surface area contributed by atoms with Gasteiger partial charge in [0.15, 0.2) is 0 Å². The van der Waals surface area contributed by atoms with Gasteiger partial charge < -0.3 is 56.5 Å². The van der Waals surface area contributed by atoms with Crippen molar-refractivity contribution in [1.82, 2.24) is 0 Å². The van der Waals surface area contributed by atoms with Crippen LogP contribution in [-0.4, -0.2) is 56.9 Å². The van der Waals surface area contributed by atoms with Gasteiger partial charge in [-0.1, -0.05) is 0 Å². The summed E-state index contributed by atoms with van der Waals surface area (Å²) in [6.45, 7) is -1.33. The predicted molar refractivity (Wildman–Crippen MR) is 44.7 cm³/mol. The normalized spacial score (nSPS) is 8.94. The van der Waals surface area contributed by atoms with Crippen molar-refractivity contribution in [2.24, 2.45) is 0 Å². The van der Waals surface area contributed by atoms with Crippen LogP contribution < -0.4 is 68.9 Å². The minimum absolute atomic E-state index is 0. The minimum Gasteiger partial charge on any atom is -0.790 e. The van der Waals surface area contributed by atoms with E-state index in [0.29, 0.717) is 0 Å². The van der Waals surface area contributed by atoms with Crippen molar-refractivity contribution in [3.05, 3.63) is 0 Å². The number of hydrogen-bond acceptors (Lipinski definition) is 6. The number of phosphoric acid groups is 1. The van der Waals surface area contributed by atoms with Gasteiger partial charge in [-0.25, -0.2) is 0 Å². The van der Waals surface area contributed by atoms with Crippen LogP contribution in [0.4, 0.5) is 0 Å². The molecule has 1 unspecified atom stereocenters. The summed E-state index contributed by atoms with van der Waals surface area (Å²) < 4.78 is 13.3. The second-order valence-corrected chi connectivity index (χ2v) is 2.73. The molecule has 0 bridgehead atoms. The number of aliphatic hydroxyl groups is 2. The molecule has 0 saturated heterocycles. The van der Waals surface area contributed by atoms with E-state index < -0.39 is 27.1 Å². The third kappa shape index (κ3) is 46.2. The van der Waals surface area contributed by atoms with E-state index in [4.69, 9.17) is 10.2 Å². The minimum atomic E-state index is -5.00. The van der Waals surface area contributed by atoms with Crippen LogP contribution >= 0.6 is 7.82 Å². The van der Waals surface area contributed by atoms with Crippen molar-refractivity contribution < 1.29 is 116 Å². The predicted octanol–water partition coefficient (Wildman–Crippen LogP) is -12.9. The van der Waals surface area contributed by atoms with E-state index in [1.54, 1.807) is 0 Å². The van der Waals surface area contributed by atoms with Crippen LogP contribution in [0.1, 0.15) is 0 Å². The van der Waals surface area contributed by atoms with Crippen molar-refractivity contribution in [3.8, 4) is 0 Å². The van der Waals surface area contributed by atoms with Gasteiger partial charge in [-0.05, 0) is 0 Å². The molecule has 17 heavy (non-hydrogen) atoms. The maximum absolute atomic E-state index is 9.71. The molecule has 0 radical (unpaired) electrons. The van der Waals surface area contributed by atoms with Crippen LogP contribution in [-0.2, 0) is 9.09 Å². The van der Waals surface area contributed by atoms with Crippen molar-refractivity contribution in [3.63, 3.8) is 0 Å². The average Bonchev–Trinajstić information content (AvgIpc) is 1.81. The van der Waals surface area contributed by atoms with E-state index in [1.807, 2.05) is 0 Å². The van der Waals surface area contributed by atoms with E-state index >= 15 is 0 Å². The molecule has 0 saturated carbocycles. The molecule has 0 heterocycles. The molecule has 11 nitrogen and oxygen atoms in total. The number of phosphoric ester groups is 1. The van der Waals surface area contributed by atoms with Crippen LogP contribution in [0.2, 0.25) is 0 Å². The van der Waals surface area contributed by atoms with Gasteiger partial charge >= 0.3 is 59.1 Å². The van der Waals surface area contributed by atoms with Gasteiger partial charge in [0.25, 0.3) is 0 Å². The second-order valence-electron chi connectivity index (χ2n) is 1.58. The topological polar surface area (TPSA) is 270 Å². The average molecular weight is 306 g/mol. The molecule has 0 rings (SSSR count). The maximum Gasteiger partial charge on any atom is 1.00 e. The molecule has 0 amide bonds. The van der Waals surface area contributed by atoms with Gasteiger partial charge in [-0.3, -0.25) is 0 Å². The molecule has 0 spiro atoms. The van der Waals surface area contributed by atoms with Crippen LogP contribution in [0.25, 0.3) is 0 Å². The largest absolute Gasteiger partial charge is 1.00 e. The van der Waals surface area contributed by atoms with Crippen LogP contribution in [0.3, 0.4) is 0 Å². The molecular weight excluding hydrogens is 289 g/mol. The Morgan fingerprint density at radius 1 is 1.06 bits per heavy atom. The molecule has 0 aliphatic heterocycles. The van der Waals surface area contributed by atoms with E-state index in [2.05, 4.69) is 4.52 Å². The van der Waals surface area contributed by atoms with Crippen LogP contribution in [0, 0.1) is 0 Å². The summed E-state index contributed by atoms with van der Waals surface area (Å²) in [6.07, 6.45) is -1.32. The van der Waals surface area contributed by atoms with Gasteiger partial charge in [-0.2, -0.15) is 0 Å². The zero-order valence-corrected chi connectivity index (χ0v) is 14.4. The molecule has 0 aromatic carbocycles. The first-order valence-corrected chi connectivity index (χ1v) is 3.87. The Kier molecular flexibility index (Phi) is 79.3. The van der Waals surface area contributed by atoms with Crippen molar-refractivity contribution in [1.29, 1.82) is 0 Å². The van der Waals surface area contributed by atoms with Gasteiger partial charge in [0.05, 0.1) is 21.0 Å². The maximum atomic E-state index is 9.71. The summed E-state index contributed by atoms with van der Waals surface area (Å²) in [5.74, 6) is 0. The number of aliphatic hydroxyl groups excluding tert-OH is 2. The van der Waals surface area contributed by atoms with Crippen molar-refractivity contribution >= 4 is 7.82 Å². The van der Waals surface area contributed by atoms with E-state index in [-0.39, 0.29) is 86.5 Å². The monoisotopic (exact) mass is 306 g/mol. The Morgan fingerprint density at radius 3 is 1.53 bits per heavy atom. The van der Waals surface area contributed by atoms with E-state index in [1.165, 1.54) is 0 Å². The second kappa shape index (κ2) is 26.4. The SMILES string of the molecule is O.O.O.O.O.O=P([O-])([O-])OCC(O)CO.[Na+].[Na+]. The summed E-state index contributed by atoms with van der Waals surface area (Å²) in [6, 6.07) is 0. The molecule has 14 heteroatoms. The third-order valence-electron chi connectivity index (χ3n) is 0.636.